The minimum Gasteiger partial charge on any atom is -0.497 e. The van der Waals surface area contributed by atoms with Crippen LogP contribution >= 0.6 is 23.4 Å². The predicted octanol–water partition coefficient (Wildman–Crippen LogP) is 5.76. The summed E-state index contributed by atoms with van der Waals surface area (Å²) in [7, 11) is 1.63. The highest BCUT2D eigenvalue weighted by Gasteiger charge is 2.18. The molecule has 0 fully saturated rings. The van der Waals surface area contributed by atoms with Gasteiger partial charge in [0.25, 0.3) is 5.69 Å². The van der Waals surface area contributed by atoms with E-state index < -0.39 is 11.0 Å². The maximum atomic E-state index is 12.5. The van der Waals surface area contributed by atoms with Crippen molar-refractivity contribution in [3.8, 4) is 11.4 Å². The smallest absolute Gasteiger partial charge is 0.319 e. The Balaban J connectivity index is 1.53. The maximum Gasteiger partial charge on any atom is 0.319 e. The van der Waals surface area contributed by atoms with Crippen LogP contribution in [0.1, 0.15) is 17.0 Å². The van der Waals surface area contributed by atoms with E-state index in [1.807, 2.05) is 54.0 Å². The number of rotatable bonds is 9. The molecule has 0 unspecified atom stereocenters. The van der Waals surface area contributed by atoms with Crippen molar-refractivity contribution in [3.05, 3.63) is 98.8 Å². The molecule has 0 saturated heterocycles. The lowest BCUT2D eigenvalue weighted by Crippen LogP contribution is -2.29. The van der Waals surface area contributed by atoms with Gasteiger partial charge in [-0.05, 0) is 54.4 Å². The molecule has 2 amide bonds. The Morgan fingerprint density at radius 2 is 1.92 bits per heavy atom. The molecule has 0 aliphatic carbocycles. The van der Waals surface area contributed by atoms with Crippen LogP contribution in [0, 0.1) is 17.0 Å². The molecular weight excluding hydrogens is 516 g/mol. The lowest BCUT2D eigenvalue weighted by atomic mass is 10.2. The normalized spacial score (nSPS) is 10.7. The minimum absolute atomic E-state index is 0.0603. The summed E-state index contributed by atoms with van der Waals surface area (Å²) in [6.45, 7) is 2.04. The third-order valence-electron chi connectivity index (χ3n) is 5.36. The second-order valence-electron chi connectivity index (χ2n) is 7.92. The van der Waals surface area contributed by atoms with Gasteiger partial charge in [0, 0.05) is 28.6 Å². The van der Waals surface area contributed by atoms with E-state index >= 15 is 0 Å². The van der Waals surface area contributed by atoms with E-state index in [2.05, 4.69) is 20.8 Å². The molecule has 190 valence electrons. The lowest BCUT2D eigenvalue weighted by Gasteiger charge is -2.14. The quantitative estimate of drug-likeness (QED) is 0.158. The van der Waals surface area contributed by atoms with Crippen molar-refractivity contribution < 1.29 is 14.5 Å². The molecule has 1 aromatic heterocycles. The van der Waals surface area contributed by atoms with Crippen LogP contribution in [0.25, 0.3) is 5.69 Å². The lowest BCUT2D eigenvalue weighted by molar-refractivity contribution is -0.384. The summed E-state index contributed by atoms with van der Waals surface area (Å²) < 4.78 is 7.19. The molecule has 0 aliphatic rings. The highest BCUT2D eigenvalue weighted by Crippen LogP contribution is 2.29. The number of anilines is 1. The monoisotopic (exact) mass is 538 g/mol. The van der Waals surface area contributed by atoms with Gasteiger partial charge in [-0.3, -0.25) is 14.7 Å². The second-order valence-corrected chi connectivity index (χ2v) is 9.30. The number of thioether (sulfide) groups is 1. The first-order chi connectivity index (χ1) is 17.8. The SMILES string of the molecule is COc1cccc(CSc2nnc(CNC(=O)Nc3ccc([N+](=O)[O-])cc3)n2-c2cc(Cl)ccc2C)c1. The van der Waals surface area contributed by atoms with Gasteiger partial charge in [0.05, 0.1) is 24.3 Å². The minimum atomic E-state index is -0.502. The molecule has 0 radical (unpaired) electrons. The number of nitro benzene ring substituents is 1. The van der Waals surface area contributed by atoms with Crippen LogP contribution in [-0.2, 0) is 12.3 Å². The average Bonchev–Trinajstić information content (AvgIpc) is 3.30. The van der Waals surface area contributed by atoms with E-state index in [1.165, 1.54) is 36.0 Å². The fourth-order valence-corrected chi connectivity index (χ4v) is 4.56. The van der Waals surface area contributed by atoms with Crippen molar-refractivity contribution >= 4 is 40.8 Å². The Bertz CT molecular complexity index is 1430. The molecule has 3 aromatic carbocycles. The van der Waals surface area contributed by atoms with Gasteiger partial charge in [-0.25, -0.2) is 4.79 Å². The fourth-order valence-electron chi connectivity index (χ4n) is 3.48. The highest BCUT2D eigenvalue weighted by atomic mass is 35.5. The number of amides is 2. The summed E-state index contributed by atoms with van der Waals surface area (Å²) in [5, 5.41) is 26.1. The van der Waals surface area contributed by atoms with Gasteiger partial charge in [-0.1, -0.05) is 41.6 Å². The molecule has 0 saturated carbocycles. The first kappa shape index (κ1) is 26.0. The number of non-ortho nitro benzene ring substituents is 1. The van der Waals surface area contributed by atoms with Gasteiger partial charge < -0.3 is 15.4 Å². The number of nitro groups is 1. The Morgan fingerprint density at radius 1 is 1.14 bits per heavy atom. The van der Waals surface area contributed by atoms with Gasteiger partial charge in [0.2, 0.25) is 0 Å². The first-order valence-electron chi connectivity index (χ1n) is 11.1. The first-order valence-corrected chi connectivity index (χ1v) is 12.5. The number of nitrogens with one attached hydrogen (secondary N) is 2. The van der Waals surface area contributed by atoms with E-state index in [-0.39, 0.29) is 12.2 Å². The average molecular weight is 539 g/mol. The van der Waals surface area contributed by atoms with Crippen molar-refractivity contribution in [1.82, 2.24) is 20.1 Å². The third kappa shape index (κ3) is 6.57. The highest BCUT2D eigenvalue weighted by molar-refractivity contribution is 7.98. The Labute approximate surface area is 222 Å². The van der Waals surface area contributed by atoms with Gasteiger partial charge in [-0.2, -0.15) is 0 Å². The predicted molar refractivity (Wildman–Crippen MR) is 143 cm³/mol. The van der Waals surface area contributed by atoms with Crippen molar-refractivity contribution in [1.29, 1.82) is 0 Å². The summed E-state index contributed by atoms with van der Waals surface area (Å²) >= 11 is 7.79. The van der Waals surface area contributed by atoms with Crippen LogP contribution < -0.4 is 15.4 Å². The number of ether oxygens (including phenoxy) is 1. The number of urea groups is 1. The van der Waals surface area contributed by atoms with Crippen molar-refractivity contribution in [3.63, 3.8) is 0 Å². The van der Waals surface area contributed by atoms with Crippen LogP contribution in [-0.4, -0.2) is 32.8 Å². The number of halogens is 1. The van der Waals surface area contributed by atoms with E-state index in [9.17, 15) is 14.9 Å². The fraction of sp³-hybridized carbons (Fsp3) is 0.160. The molecule has 0 aliphatic heterocycles. The Morgan fingerprint density at radius 3 is 2.65 bits per heavy atom. The number of carbonyl (C=O) groups is 1. The maximum absolute atomic E-state index is 12.5. The number of methoxy groups -OCH3 is 1. The van der Waals surface area contributed by atoms with Gasteiger partial charge in [-0.15, -0.1) is 10.2 Å². The summed E-state index contributed by atoms with van der Waals surface area (Å²) in [5.74, 6) is 1.91. The van der Waals surface area contributed by atoms with Crippen LogP contribution in [0.5, 0.6) is 5.75 Å². The Hall–Kier alpha value is -4.09. The number of nitrogens with zero attached hydrogens (tertiary/aromatic N) is 4. The zero-order chi connectivity index (χ0) is 26.4. The molecule has 0 atom stereocenters. The number of benzene rings is 3. The summed E-state index contributed by atoms with van der Waals surface area (Å²) in [6, 6.07) is 18.4. The van der Waals surface area contributed by atoms with Crippen molar-refractivity contribution in [2.75, 3.05) is 12.4 Å². The molecule has 0 bridgehead atoms. The molecule has 37 heavy (non-hydrogen) atoms. The molecule has 2 N–H and O–H groups in total. The van der Waals surface area contributed by atoms with Crippen molar-refractivity contribution in [2.45, 2.75) is 24.4 Å². The van der Waals surface area contributed by atoms with E-state index in [0.29, 0.717) is 27.4 Å². The van der Waals surface area contributed by atoms with E-state index in [4.69, 9.17) is 16.3 Å². The van der Waals surface area contributed by atoms with Crippen LogP contribution in [0.2, 0.25) is 5.02 Å². The molecule has 10 nitrogen and oxygen atoms in total. The van der Waals surface area contributed by atoms with Crippen LogP contribution in [0.15, 0.2) is 71.9 Å². The van der Waals surface area contributed by atoms with Crippen molar-refractivity contribution in [2.24, 2.45) is 0 Å². The van der Waals surface area contributed by atoms with E-state index in [1.54, 1.807) is 7.11 Å². The third-order valence-corrected chi connectivity index (χ3v) is 6.59. The van der Waals surface area contributed by atoms with E-state index in [0.717, 1.165) is 22.6 Å². The topological polar surface area (TPSA) is 124 Å². The number of hydrogen-bond acceptors (Lipinski definition) is 7. The largest absolute Gasteiger partial charge is 0.497 e. The number of hydrogen-bond donors (Lipinski definition) is 2. The summed E-state index contributed by atoms with van der Waals surface area (Å²) in [6.07, 6.45) is 0. The molecule has 1 heterocycles. The molecule has 12 heteroatoms. The second kappa shape index (κ2) is 11.8. The number of carbonyl (C=O) groups excluding carboxylic acids is 1. The molecule has 0 spiro atoms. The van der Waals surface area contributed by atoms with Gasteiger partial charge >= 0.3 is 6.03 Å². The zero-order valence-electron chi connectivity index (χ0n) is 20.0. The summed E-state index contributed by atoms with van der Waals surface area (Å²) in [5.41, 5.74) is 3.19. The van der Waals surface area contributed by atoms with Crippen LogP contribution in [0.4, 0.5) is 16.2 Å². The number of aryl methyl sites for hydroxylation is 1. The zero-order valence-corrected chi connectivity index (χ0v) is 21.5. The number of aromatic nitrogens is 3. The Kier molecular flexibility index (Phi) is 8.26. The summed E-state index contributed by atoms with van der Waals surface area (Å²) in [4.78, 5) is 22.8. The standard InChI is InChI=1S/C25H23ClN6O4S/c1-16-6-7-18(26)13-22(16)31-23(14-27-24(33)28-19-8-10-20(11-9-19)32(34)35)29-30-25(31)37-15-17-4-3-5-21(12-17)36-2/h3-13H,14-15H2,1-2H3,(H2,27,28,33). The molecular formula is C25H23ClN6O4S. The van der Waals surface area contributed by atoms with Gasteiger partial charge in [0.15, 0.2) is 11.0 Å². The molecule has 4 rings (SSSR count). The van der Waals surface area contributed by atoms with Gasteiger partial charge in [0.1, 0.15) is 5.75 Å². The van der Waals surface area contributed by atoms with Crippen LogP contribution in [0.3, 0.4) is 0 Å². The molecule has 4 aromatic rings.